The lowest BCUT2D eigenvalue weighted by Gasteiger charge is -1.89. The van der Waals surface area contributed by atoms with Crippen LogP contribution >= 0.6 is 11.3 Å². The monoisotopic (exact) mass is 199 g/mol. The molecule has 1 aromatic heterocycles. The number of thiophene rings is 1. The average Bonchev–Trinajstić information content (AvgIpc) is 2.54. The van der Waals surface area contributed by atoms with E-state index in [9.17, 15) is 0 Å². The fourth-order valence-electron chi connectivity index (χ4n) is 1.47. The third-order valence-corrected chi connectivity index (χ3v) is 3.43. The molecule has 0 aliphatic rings. The summed E-state index contributed by atoms with van der Waals surface area (Å²) in [6.07, 6.45) is 3.40. The molecule has 0 fully saturated rings. The quantitative estimate of drug-likeness (QED) is 0.642. The SMILES string of the molecule is Cc1c(C=CC#N)sc2ccccc12. The van der Waals surface area contributed by atoms with Gasteiger partial charge in [0.2, 0.25) is 0 Å². The van der Waals surface area contributed by atoms with Gasteiger partial charge in [-0.3, -0.25) is 0 Å². The van der Waals surface area contributed by atoms with Crippen molar-refractivity contribution in [3.05, 3.63) is 40.8 Å². The molecule has 0 N–H and O–H groups in total. The first-order valence-corrected chi connectivity index (χ1v) is 5.19. The van der Waals surface area contributed by atoms with Crippen molar-refractivity contribution in [3.8, 4) is 6.07 Å². The van der Waals surface area contributed by atoms with E-state index in [1.54, 1.807) is 11.3 Å². The van der Waals surface area contributed by atoms with Crippen LogP contribution in [0.2, 0.25) is 0 Å². The molecule has 0 saturated heterocycles. The van der Waals surface area contributed by atoms with Crippen molar-refractivity contribution in [3.63, 3.8) is 0 Å². The minimum absolute atomic E-state index is 1.17. The Kier molecular flexibility index (Phi) is 2.34. The molecular formula is C12H9NS. The van der Waals surface area contributed by atoms with Crippen LogP contribution in [0.3, 0.4) is 0 Å². The molecule has 68 valence electrons. The van der Waals surface area contributed by atoms with Gasteiger partial charge in [0.15, 0.2) is 0 Å². The molecule has 0 atom stereocenters. The van der Waals surface area contributed by atoms with Crippen molar-refractivity contribution in [2.45, 2.75) is 6.92 Å². The molecule has 0 aliphatic carbocycles. The van der Waals surface area contributed by atoms with E-state index in [1.807, 2.05) is 24.3 Å². The molecule has 0 spiro atoms. The van der Waals surface area contributed by atoms with Crippen LogP contribution in [0.5, 0.6) is 0 Å². The normalized spacial score (nSPS) is 10.9. The third-order valence-electron chi connectivity index (χ3n) is 2.19. The van der Waals surface area contributed by atoms with E-state index < -0.39 is 0 Å². The predicted octanol–water partition coefficient (Wildman–Crippen LogP) is 3.75. The highest BCUT2D eigenvalue weighted by atomic mass is 32.1. The first-order valence-electron chi connectivity index (χ1n) is 4.37. The molecule has 0 aliphatic heterocycles. The lowest BCUT2D eigenvalue weighted by Crippen LogP contribution is -1.69. The number of nitriles is 1. The maximum absolute atomic E-state index is 8.46. The first-order chi connectivity index (χ1) is 6.83. The largest absolute Gasteiger partial charge is 0.193 e. The molecule has 1 aromatic carbocycles. The summed E-state index contributed by atoms with van der Waals surface area (Å²) in [7, 11) is 0. The molecule has 0 saturated carbocycles. The van der Waals surface area contributed by atoms with Gasteiger partial charge in [-0.1, -0.05) is 18.2 Å². The Bertz CT molecular complexity index is 529. The lowest BCUT2D eigenvalue weighted by molar-refractivity contribution is 1.53. The highest BCUT2D eigenvalue weighted by molar-refractivity contribution is 7.20. The van der Waals surface area contributed by atoms with E-state index in [1.165, 1.54) is 26.6 Å². The molecule has 0 unspecified atom stereocenters. The van der Waals surface area contributed by atoms with Gasteiger partial charge in [-0.05, 0) is 30.0 Å². The van der Waals surface area contributed by atoms with Gasteiger partial charge in [-0.2, -0.15) is 5.26 Å². The predicted molar refractivity (Wildman–Crippen MR) is 61.2 cm³/mol. The summed E-state index contributed by atoms with van der Waals surface area (Å²) in [6, 6.07) is 10.3. The minimum atomic E-state index is 1.17. The fourth-order valence-corrected chi connectivity index (χ4v) is 2.58. The third kappa shape index (κ3) is 1.43. The van der Waals surface area contributed by atoms with E-state index in [2.05, 4.69) is 19.1 Å². The number of benzene rings is 1. The van der Waals surface area contributed by atoms with Crippen LogP contribution in [-0.2, 0) is 0 Å². The molecule has 0 amide bonds. The summed E-state index contributed by atoms with van der Waals surface area (Å²) in [5, 5.41) is 9.75. The Balaban J connectivity index is 2.64. The molecule has 0 radical (unpaired) electrons. The van der Waals surface area contributed by atoms with E-state index >= 15 is 0 Å². The van der Waals surface area contributed by atoms with Gasteiger partial charge in [0.1, 0.15) is 0 Å². The Morgan fingerprint density at radius 1 is 1.36 bits per heavy atom. The van der Waals surface area contributed by atoms with Crippen molar-refractivity contribution in [1.82, 2.24) is 0 Å². The number of rotatable bonds is 1. The zero-order valence-corrected chi connectivity index (χ0v) is 8.64. The van der Waals surface area contributed by atoms with Crippen LogP contribution in [-0.4, -0.2) is 0 Å². The second-order valence-corrected chi connectivity index (χ2v) is 4.13. The van der Waals surface area contributed by atoms with Crippen molar-refractivity contribution in [2.75, 3.05) is 0 Å². The highest BCUT2D eigenvalue weighted by Crippen LogP contribution is 2.31. The average molecular weight is 199 g/mol. The maximum Gasteiger partial charge on any atom is 0.0912 e. The molecule has 14 heavy (non-hydrogen) atoms. The number of aryl methyl sites for hydroxylation is 1. The highest BCUT2D eigenvalue weighted by Gasteiger charge is 2.04. The van der Waals surface area contributed by atoms with Gasteiger partial charge in [0.25, 0.3) is 0 Å². The zero-order valence-electron chi connectivity index (χ0n) is 7.82. The van der Waals surface area contributed by atoms with Crippen LogP contribution in [0.4, 0.5) is 0 Å². The molecule has 2 rings (SSSR count). The Morgan fingerprint density at radius 3 is 2.86 bits per heavy atom. The Hall–Kier alpha value is -1.59. The van der Waals surface area contributed by atoms with Crippen molar-refractivity contribution in [1.29, 1.82) is 5.26 Å². The molecule has 0 bridgehead atoms. The van der Waals surface area contributed by atoms with Crippen LogP contribution in [0, 0.1) is 18.3 Å². The van der Waals surface area contributed by atoms with Crippen molar-refractivity contribution in [2.24, 2.45) is 0 Å². The maximum atomic E-state index is 8.46. The summed E-state index contributed by atoms with van der Waals surface area (Å²) in [5.41, 5.74) is 1.26. The number of hydrogen-bond acceptors (Lipinski definition) is 2. The summed E-state index contributed by atoms with van der Waals surface area (Å²) in [5.74, 6) is 0. The van der Waals surface area contributed by atoms with Gasteiger partial charge in [0, 0.05) is 15.7 Å². The summed E-state index contributed by atoms with van der Waals surface area (Å²) >= 11 is 1.73. The molecule has 1 heterocycles. The molecule has 1 nitrogen and oxygen atoms in total. The van der Waals surface area contributed by atoms with Gasteiger partial charge in [-0.15, -0.1) is 11.3 Å². The van der Waals surface area contributed by atoms with Crippen molar-refractivity contribution < 1.29 is 0 Å². The van der Waals surface area contributed by atoms with Crippen LogP contribution in [0.15, 0.2) is 30.3 Å². The number of nitrogens with zero attached hydrogens (tertiary/aromatic N) is 1. The second-order valence-electron chi connectivity index (χ2n) is 3.05. The van der Waals surface area contributed by atoms with Gasteiger partial charge in [-0.25, -0.2) is 0 Å². The van der Waals surface area contributed by atoms with E-state index in [0.717, 1.165) is 0 Å². The Morgan fingerprint density at radius 2 is 2.14 bits per heavy atom. The van der Waals surface area contributed by atoms with Crippen LogP contribution in [0.25, 0.3) is 16.2 Å². The number of hydrogen-bond donors (Lipinski definition) is 0. The van der Waals surface area contributed by atoms with E-state index in [-0.39, 0.29) is 0 Å². The smallest absolute Gasteiger partial charge is 0.0912 e. The standard InChI is InChI=1S/C12H9NS/c1-9-10-5-2-3-6-12(10)14-11(9)7-4-8-13/h2-7H,1H3. The fraction of sp³-hybridized carbons (Fsp3) is 0.0833. The van der Waals surface area contributed by atoms with Crippen molar-refractivity contribution >= 4 is 27.5 Å². The van der Waals surface area contributed by atoms with Crippen LogP contribution in [0.1, 0.15) is 10.4 Å². The van der Waals surface area contributed by atoms with Gasteiger partial charge in [0.05, 0.1) is 6.07 Å². The van der Waals surface area contributed by atoms with Gasteiger partial charge >= 0.3 is 0 Å². The van der Waals surface area contributed by atoms with E-state index in [0.29, 0.717) is 0 Å². The molecule has 2 heteroatoms. The van der Waals surface area contributed by atoms with Crippen LogP contribution < -0.4 is 0 Å². The minimum Gasteiger partial charge on any atom is -0.193 e. The topological polar surface area (TPSA) is 23.8 Å². The number of fused-ring (bicyclic) bond motifs is 1. The second kappa shape index (κ2) is 3.65. The summed E-state index contributed by atoms with van der Waals surface area (Å²) in [4.78, 5) is 1.17. The van der Waals surface area contributed by atoms with E-state index in [4.69, 9.17) is 5.26 Å². The zero-order chi connectivity index (χ0) is 9.97. The molecule has 2 aromatic rings. The summed E-state index contributed by atoms with van der Waals surface area (Å²) in [6.45, 7) is 2.09. The number of allylic oxidation sites excluding steroid dienone is 1. The summed E-state index contributed by atoms with van der Waals surface area (Å²) < 4.78 is 1.28. The first kappa shape index (κ1) is 8.98. The lowest BCUT2D eigenvalue weighted by atomic mass is 10.1. The Labute approximate surface area is 86.9 Å². The molecular weight excluding hydrogens is 190 g/mol. The van der Waals surface area contributed by atoms with Gasteiger partial charge < -0.3 is 0 Å².